The molecule has 2 heterocycles. The van der Waals surface area contributed by atoms with Crippen molar-refractivity contribution >= 4 is 29.1 Å². The lowest BCUT2D eigenvalue weighted by Crippen LogP contribution is -2.31. The van der Waals surface area contributed by atoms with Crippen molar-refractivity contribution in [2.45, 2.75) is 25.9 Å². The van der Waals surface area contributed by atoms with Gasteiger partial charge >= 0.3 is 0 Å². The van der Waals surface area contributed by atoms with Crippen molar-refractivity contribution in [1.82, 2.24) is 14.5 Å². The molecule has 1 amide bonds. The topological polar surface area (TPSA) is 84.7 Å². The molecule has 33 heavy (non-hydrogen) atoms. The molecule has 1 saturated heterocycles. The van der Waals surface area contributed by atoms with Crippen molar-refractivity contribution in [3.8, 4) is 5.75 Å². The first-order valence-electron chi connectivity index (χ1n) is 10.7. The van der Waals surface area contributed by atoms with Crippen LogP contribution in [-0.4, -0.2) is 44.4 Å². The van der Waals surface area contributed by atoms with Gasteiger partial charge in [-0.3, -0.25) is 9.59 Å². The number of nitrogens with zero attached hydrogens (tertiary/aromatic N) is 3. The number of benzene rings is 2. The molecule has 0 spiro atoms. The van der Waals surface area contributed by atoms with Gasteiger partial charge < -0.3 is 19.3 Å². The molecule has 0 saturated carbocycles. The highest BCUT2D eigenvalue weighted by Gasteiger charge is 2.45. The Kier molecular flexibility index (Phi) is 6.79. The molecular weight excluding hydrogens is 442 g/mol. The van der Waals surface area contributed by atoms with Gasteiger partial charge in [0.25, 0.3) is 11.7 Å². The van der Waals surface area contributed by atoms with Crippen LogP contribution >= 0.6 is 11.6 Å². The van der Waals surface area contributed by atoms with Crippen LogP contribution in [0.25, 0.3) is 5.76 Å². The first-order valence-corrected chi connectivity index (χ1v) is 11.1. The van der Waals surface area contributed by atoms with Crippen molar-refractivity contribution < 1.29 is 19.4 Å². The molecule has 8 heteroatoms. The number of hydrogen-bond acceptors (Lipinski definition) is 5. The van der Waals surface area contributed by atoms with Crippen LogP contribution in [0.15, 0.2) is 72.8 Å². The van der Waals surface area contributed by atoms with E-state index in [1.807, 2.05) is 48.0 Å². The van der Waals surface area contributed by atoms with E-state index < -0.39 is 17.7 Å². The van der Waals surface area contributed by atoms with Crippen LogP contribution in [0.1, 0.15) is 30.5 Å². The zero-order valence-electron chi connectivity index (χ0n) is 18.1. The van der Waals surface area contributed by atoms with Crippen LogP contribution in [0, 0.1) is 0 Å². The Balaban J connectivity index is 1.71. The maximum Gasteiger partial charge on any atom is 0.295 e. The van der Waals surface area contributed by atoms with E-state index in [2.05, 4.69) is 4.98 Å². The lowest BCUT2D eigenvalue weighted by atomic mass is 9.95. The second-order valence-electron chi connectivity index (χ2n) is 7.64. The lowest BCUT2D eigenvalue weighted by Gasteiger charge is -2.25. The molecule has 0 radical (unpaired) electrons. The molecule has 7 nitrogen and oxygen atoms in total. The molecule has 3 aromatic rings. The minimum absolute atomic E-state index is 0.0501. The number of aliphatic hydroxyl groups is 1. The predicted molar refractivity (Wildman–Crippen MR) is 125 cm³/mol. The normalized spacial score (nSPS) is 17.5. The van der Waals surface area contributed by atoms with Crippen LogP contribution in [0.2, 0.25) is 5.02 Å². The number of hydrogen-bond donors (Lipinski definition) is 1. The number of ketones is 1. The number of aryl methyl sites for hydroxylation is 1. The Hall–Kier alpha value is -3.58. The van der Waals surface area contributed by atoms with E-state index >= 15 is 0 Å². The molecular formula is C25H24ClN3O4. The Morgan fingerprint density at radius 1 is 1.15 bits per heavy atom. The summed E-state index contributed by atoms with van der Waals surface area (Å²) in [5.74, 6) is -1.12. The number of rotatable bonds is 8. The van der Waals surface area contributed by atoms with E-state index in [4.69, 9.17) is 16.3 Å². The molecule has 2 aromatic carbocycles. The second kappa shape index (κ2) is 9.92. The molecule has 1 N–H and O–H groups in total. The van der Waals surface area contributed by atoms with E-state index in [0.717, 1.165) is 5.56 Å². The van der Waals surface area contributed by atoms with Gasteiger partial charge in [-0.15, -0.1) is 0 Å². The molecule has 1 fully saturated rings. The number of likely N-dealkylation sites (tertiary alicyclic amines) is 1. The Morgan fingerprint density at radius 2 is 1.94 bits per heavy atom. The number of imidazole rings is 1. The minimum Gasteiger partial charge on any atom is -0.507 e. The van der Waals surface area contributed by atoms with Gasteiger partial charge in [0.2, 0.25) is 0 Å². The van der Waals surface area contributed by atoms with Crippen molar-refractivity contribution in [3.05, 3.63) is 89.0 Å². The molecule has 1 aromatic heterocycles. The molecule has 1 aliphatic heterocycles. The molecule has 4 rings (SSSR count). The van der Waals surface area contributed by atoms with Gasteiger partial charge in [0.05, 0.1) is 29.6 Å². The fourth-order valence-corrected chi connectivity index (χ4v) is 4.25. The number of carbonyl (C=O) groups is 2. The Bertz CT molecular complexity index is 1180. The highest BCUT2D eigenvalue weighted by atomic mass is 35.5. The monoisotopic (exact) mass is 465 g/mol. The zero-order chi connectivity index (χ0) is 23.4. The average molecular weight is 466 g/mol. The van der Waals surface area contributed by atoms with Crippen molar-refractivity contribution in [2.24, 2.45) is 0 Å². The van der Waals surface area contributed by atoms with Gasteiger partial charge in [-0.05, 0) is 37.1 Å². The summed E-state index contributed by atoms with van der Waals surface area (Å²) in [6.45, 7) is 3.30. The van der Waals surface area contributed by atoms with Gasteiger partial charge in [0.15, 0.2) is 0 Å². The van der Waals surface area contributed by atoms with E-state index in [1.165, 1.54) is 11.0 Å². The predicted octanol–water partition coefficient (Wildman–Crippen LogP) is 4.45. The standard InChI is InChI=1S/C25H24ClN3O4/c1-2-33-20-10-9-18(15-19(20)26)23(30)21-22(17-7-4-3-5-8-17)29(25(32)24(21)31)13-6-12-28-14-11-27-16-28/h3-5,7-11,14-16,22,30H,2,6,12-13H2,1H3/t22-/m1/s1. The van der Waals surface area contributed by atoms with Crippen LogP contribution < -0.4 is 4.74 Å². The Morgan fingerprint density at radius 3 is 2.61 bits per heavy atom. The summed E-state index contributed by atoms with van der Waals surface area (Å²) in [5, 5.41) is 11.5. The summed E-state index contributed by atoms with van der Waals surface area (Å²) in [5.41, 5.74) is 1.15. The second-order valence-corrected chi connectivity index (χ2v) is 8.04. The van der Waals surface area contributed by atoms with Crippen LogP contribution in [-0.2, 0) is 16.1 Å². The number of ether oxygens (including phenoxy) is 1. The van der Waals surface area contributed by atoms with Gasteiger partial charge in [0.1, 0.15) is 11.5 Å². The van der Waals surface area contributed by atoms with E-state index in [1.54, 1.807) is 24.7 Å². The smallest absolute Gasteiger partial charge is 0.295 e. The van der Waals surface area contributed by atoms with Crippen LogP contribution in [0.4, 0.5) is 0 Å². The third-order valence-corrected chi connectivity index (χ3v) is 5.83. The molecule has 0 bridgehead atoms. The first kappa shape index (κ1) is 22.6. The summed E-state index contributed by atoms with van der Waals surface area (Å²) in [6.07, 6.45) is 5.87. The zero-order valence-corrected chi connectivity index (χ0v) is 18.9. The lowest BCUT2D eigenvalue weighted by molar-refractivity contribution is -0.139. The molecule has 1 atom stereocenters. The van der Waals surface area contributed by atoms with Crippen LogP contribution in [0.5, 0.6) is 5.75 Å². The third-order valence-electron chi connectivity index (χ3n) is 5.53. The van der Waals surface area contributed by atoms with E-state index in [9.17, 15) is 14.7 Å². The quantitative estimate of drug-likeness (QED) is 0.302. The van der Waals surface area contributed by atoms with Gasteiger partial charge in [-0.25, -0.2) is 4.98 Å². The molecule has 0 unspecified atom stereocenters. The largest absolute Gasteiger partial charge is 0.507 e. The SMILES string of the molecule is CCOc1ccc(C(O)=C2C(=O)C(=O)N(CCCn3ccnc3)[C@@H]2c2ccccc2)cc1Cl. The van der Waals surface area contributed by atoms with Gasteiger partial charge in [0, 0.05) is 31.0 Å². The van der Waals surface area contributed by atoms with E-state index in [-0.39, 0.29) is 11.3 Å². The molecule has 1 aliphatic rings. The minimum atomic E-state index is -0.714. The number of halogens is 1. The fraction of sp³-hybridized carbons (Fsp3) is 0.240. The summed E-state index contributed by atoms with van der Waals surface area (Å²) >= 11 is 6.30. The summed E-state index contributed by atoms with van der Waals surface area (Å²) < 4.78 is 7.36. The highest BCUT2D eigenvalue weighted by Crippen LogP contribution is 2.40. The number of amides is 1. The maximum atomic E-state index is 13.1. The highest BCUT2D eigenvalue weighted by molar-refractivity contribution is 6.46. The average Bonchev–Trinajstić information content (AvgIpc) is 3.43. The first-order chi connectivity index (χ1) is 16.0. The molecule has 0 aliphatic carbocycles. The summed E-state index contributed by atoms with van der Waals surface area (Å²) in [7, 11) is 0. The van der Waals surface area contributed by atoms with Crippen molar-refractivity contribution in [2.75, 3.05) is 13.2 Å². The van der Waals surface area contributed by atoms with Gasteiger partial charge in [-0.2, -0.15) is 0 Å². The number of carbonyl (C=O) groups excluding carboxylic acids is 2. The number of aliphatic hydroxyl groups excluding tert-OH is 1. The van der Waals surface area contributed by atoms with Crippen molar-refractivity contribution in [1.29, 1.82) is 0 Å². The van der Waals surface area contributed by atoms with E-state index in [0.29, 0.717) is 42.5 Å². The number of aromatic nitrogens is 2. The molecule has 170 valence electrons. The third kappa shape index (κ3) is 4.64. The number of Topliss-reactive ketones (excluding diaryl/α,β-unsaturated/α-hetero) is 1. The maximum absolute atomic E-state index is 13.1. The summed E-state index contributed by atoms with van der Waals surface area (Å²) in [6, 6.07) is 13.3. The van der Waals surface area contributed by atoms with Gasteiger partial charge in [-0.1, -0.05) is 41.9 Å². The van der Waals surface area contributed by atoms with Crippen molar-refractivity contribution in [3.63, 3.8) is 0 Å². The fourth-order valence-electron chi connectivity index (χ4n) is 4.01. The van der Waals surface area contributed by atoms with Crippen LogP contribution in [0.3, 0.4) is 0 Å². The summed E-state index contributed by atoms with van der Waals surface area (Å²) in [4.78, 5) is 31.6. The Labute approximate surface area is 196 Å².